The summed E-state index contributed by atoms with van der Waals surface area (Å²) in [6.45, 7) is 7.28. The van der Waals surface area contributed by atoms with Gasteiger partial charge in [-0.2, -0.15) is 9.82 Å². The highest BCUT2D eigenvalue weighted by Crippen LogP contribution is 2.14. The Bertz CT molecular complexity index is 904. The maximum atomic E-state index is 12.8. The molecule has 29 heavy (non-hydrogen) atoms. The molecule has 0 bridgehead atoms. The molecule has 1 heterocycles. The Morgan fingerprint density at radius 1 is 1.17 bits per heavy atom. The Hall–Kier alpha value is -2.23. The second-order valence-corrected chi connectivity index (χ2v) is 9.59. The normalized spacial score (nSPS) is 13.1. The predicted octanol–water partition coefficient (Wildman–Crippen LogP) is 2.08. The van der Waals surface area contributed by atoms with Crippen molar-refractivity contribution in [1.29, 1.82) is 0 Å². The van der Waals surface area contributed by atoms with Gasteiger partial charge >= 0.3 is 0 Å². The van der Waals surface area contributed by atoms with Gasteiger partial charge in [-0.25, -0.2) is 8.42 Å². The Morgan fingerprint density at radius 3 is 2.41 bits per heavy atom. The van der Waals surface area contributed by atoms with Crippen molar-refractivity contribution in [2.24, 2.45) is 5.92 Å². The van der Waals surface area contributed by atoms with Crippen LogP contribution in [0.25, 0.3) is 0 Å². The molecule has 0 aliphatic carbocycles. The molecule has 0 spiro atoms. The van der Waals surface area contributed by atoms with Crippen LogP contribution in [0.15, 0.2) is 41.4 Å². The summed E-state index contributed by atoms with van der Waals surface area (Å²) in [5.74, 6) is 0.105. The van der Waals surface area contributed by atoms with Gasteiger partial charge in [0.15, 0.2) is 5.82 Å². The smallest absolute Gasteiger partial charge is 0.243 e. The number of hydrogen-bond acceptors (Lipinski definition) is 5. The zero-order chi connectivity index (χ0) is 21.6. The molecular formula is C20H31N5O3S. The lowest BCUT2D eigenvalue weighted by Gasteiger charge is -2.19. The minimum atomic E-state index is -3.81. The zero-order valence-electron chi connectivity index (χ0n) is 17.7. The molecular weight excluding hydrogens is 390 g/mol. The van der Waals surface area contributed by atoms with Crippen LogP contribution < -0.4 is 10.0 Å². The van der Waals surface area contributed by atoms with Gasteiger partial charge in [-0.1, -0.05) is 31.5 Å². The number of carbonyl (C=O) groups is 1. The van der Waals surface area contributed by atoms with Gasteiger partial charge in [0, 0.05) is 18.8 Å². The number of aryl methyl sites for hydroxylation is 1. The van der Waals surface area contributed by atoms with E-state index in [0.717, 1.165) is 12.1 Å². The summed E-state index contributed by atoms with van der Waals surface area (Å²) < 4.78 is 29.7. The molecule has 0 radical (unpaired) electrons. The average Bonchev–Trinajstić information content (AvgIpc) is 3.06. The Kier molecular flexibility index (Phi) is 7.95. The molecule has 0 unspecified atom stereocenters. The van der Waals surface area contributed by atoms with Crippen molar-refractivity contribution in [2.45, 2.75) is 44.7 Å². The van der Waals surface area contributed by atoms with Crippen molar-refractivity contribution >= 4 is 21.7 Å². The first-order valence-corrected chi connectivity index (χ1v) is 11.1. The maximum Gasteiger partial charge on any atom is 0.243 e. The number of hydrogen-bond donors (Lipinski definition) is 2. The fourth-order valence-electron chi connectivity index (χ4n) is 2.72. The first-order valence-electron chi connectivity index (χ1n) is 9.65. The van der Waals surface area contributed by atoms with Gasteiger partial charge in [0.25, 0.3) is 0 Å². The first kappa shape index (κ1) is 23.1. The van der Waals surface area contributed by atoms with E-state index in [1.54, 1.807) is 29.1 Å². The summed E-state index contributed by atoms with van der Waals surface area (Å²) >= 11 is 0. The molecule has 9 heteroatoms. The Labute approximate surface area is 173 Å². The van der Waals surface area contributed by atoms with Crippen molar-refractivity contribution in [2.75, 3.05) is 26.0 Å². The van der Waals surface area contributed by atoms with Crippen molar-refractivity contribution in [3.05, 3.63) is 42.1 Å². The SMILES string of the molecule is Cc1ccc(S(=O)(=O)N[C@H](CC(C)C)C(=O)Nc2ccn(CCN(C)C)n2)cc1. The standard InChI is InChI=1S/C20H31N5O3S/c1-15(2)14-18(23-29(27,28)17-8-6-16(3)7-9-17)20(26)21-19-10-11-25(22-19)13-12-24(4)5/h6-11,15,18,23H,12-14H2,1-5H3,(H,21,22,26)/t18-/m1/s1. The van der Waals surface area contributed by atoms with Crippen LogP contribution in [-0.4, -0.2) is 55.7 Å². The minimum Gasteiger partial charge on any atom is -0.308 e. The second kappa shape index (κ2) is 10.00. The monoisotopic (exact) mass is 421 g/mol. The summed E-state index contributed by atoms with van der Waals surface area (Å²) in [6, 6.07) is 7.34. The topological polar surface area (TPSA) is 96.3 Å². The van der Waals surface area contributed by atoms with E-state index < -0.39 is 22.0 Å². The number of amides is 1. The van der Waals surface area contributed by atoms with Crippen LogP contribution in [0.5, 0.6) is 0 Å². The number of nitrogens with zero attached hydrogens (tertiary/aromatic N) is 3. The number of likely N-dealkylation sites (N-methyl/N-ethyl adjacent to an activating group) is 1. The number of sulfonamides is 1. The van der Waals surface area contributed by atoms with Crippen molar-refractivity contribution < 1.29 is 13.2 Å². The molecule has 2 N–H and O–H groups in total. The van der Waals surface area contributed by atoms with E-state index in [1.165, 1.54) is 12.1 Å². The molecule has 8 nitrogen and oxygen atoms in total. The van der Waals surface area contributed by atoms with E-state index in [2.05, 4.69) is 15.1 Å². The van der Waals surface area contributed by atoms with E-state index in [4.69, 9.17) is 0 Å². The van der Waals surface area contributed by atoms with Gasteiger partial charge in [-0.05, 0) is 45.5 Å². The minimum absolute atomic E-state index is 0.129. The van der Waals surface area contributed by atoms with Crippen molar-refractivity contribution in [1.82, 2.24) is 19.4 Å². The van der Waals surface area contributed by atoms with E-state index in [-0.39, 0.29) is 10.8 Å². The molecule has 0 saturated carbocycles. The zero-order valence-corrected chi connectivity index (χ0v) is 18.5. The summed E-state index contributed by atoms with van der Waals surface area (Å²) in [5.41, 5.74) is 0.963. The molecule has 1 aromatic heterocycles. The maximum absolute atomic E-state index is 12.8. The molecule has 2 aromatic rings. The second-order valence-electron chi connectivity index (χ2n) is 7.87. The molecule has 0 aliphatic heterocycles. The van der Waals surface area contributed by atoms with Crippen LogP contribution in [0.4, 0.5) is 5.82 Å². The average molecular weight is 422 g/mol. The highest BCUT2D eigenvalue weighted by molar-refractivity contribution is 7.89. The predicted molar refractivity (Wildman–Crippen MR) is 114 cm³/mol. The number of anilines is 1. The molecule has 0 saturated heterocycles. The van der Waals surface area contributed by atoms with Crippen LogP contribution in [0.1, 0.15) is 25.8 Å². The van der Waals surface area contributed by atoms with Crippen LogP contribution in [-0.2, 0) is 21.4 Å². The third-order valence-corrected chi connectivity index (χ3v) is 5.81. The first-order chi connectivity index (χ1) is 13.6. The van der Waals surface area contributed by atoms with Crippen LogP contribution in [0, 0.1) is 12.8 Å². The summed E-state index contributed by atoms with van der Waals surface area (Å²) in [4.78, 5) is 15.0. The summed E-state index contributed by atoms with van der Waals surface area (Å²) in [5, 5.41) is 7.06. The van der Waals surface area contributed by atoms with Crippen molar-refractivity contribution in [3.8, 4) is 0 Å². The fourth-order valence-corrected chi connectivity index (χ4v) is 3.93. The van der Waals surface area contributed by atoms with Crippen LogP contribution in [0.2, 0.25) is 0 Å². The largest absolute Gasteiger partial charge is 0.308 e. The lowest BCUT2D eigenvalue weighted by molar-refractivity contribution is -0.118. The molecule has 0 aliphatic rings. The Morgan fingerprint density at radius 2 is 1.83 bits per heavy atom. The highest BCUT2D eigenvalue weighted by atomic mass is 32.2. The van der Waals surface area contributed by atoms with E-state index >= 15 is 0 Å². The van der Waals surface area contributed by atoms with Crippen molar-refractivity contribution in [3.63, 3.8) is 0 Å². The van der Waals surface area contributed by atoms with Gasteiger partial charge in [0.2, 0.25) is 15.9 Å². The van der Waals surface area contributed by atoms with Gasteiger partial charge in [0.05, 0.1) is 11.4 Å². The number of carbonyl (C=O) groups excluding carboxylic acids is 1. The molecule has 0 fully saturated rings. The highest BCUT2D eigenvalue weighted by Gasteiger charge is 2.27. The lowest BCUT2D eigenvalue weighted by atomic mass is 10.0. The fraction of sp³-hybridized carbons (Fsp3) is 0.500. The number of rotatable bonds is 10. The third kappa shape index (κ3) is 7.26. The van der Waals surface area contributed by atoms with Gasteiger partial charge < -0.3 is 10.2 Å². The van der Waals surface area contributed by atoms with E-state index in [9.17, 15) is 13.2 Å². The van der Waals surface area contributed by atoms with Gasteiger partial charge in [-0.3, -0.25) is 9.48 Å². The molecule has 2 rings (SSSR count). The Balaban J connectivity index is 2.10. The lowest BCUT2D eigenvalue weighted by Crippen LogP contribution is -2.44. The molecule has 1 amide bonds. The molecule has 1 atom stereocenters. The molecule has 1 aromatic carbocycles. The van der Waals surface area contributed by atoms with Gasteiger partial charge in [0.1, 0.15) is 6.04 Å². The number of nitrogens with one attached hydrogen (secondary N) is 2. The number of benzene rings is 1. The summed E-state index contributed by atoms with van der Waals surface area (Å²) in [6.07, 6.45) is 2.16. The third-order valence-electron chi connectivity index (χ3n) is 4.32. The van der Waals surface area contributed by atoms with E-state index in [1.807, 2.05) is 39.8 Å². The van der Waals surface area contributed by atoms with Crippen LogP contribution in [0.3, 0.4) is 0 Å². The van der Waals surface area contributed by atoms with E-state index in [0.29, 0.717) is 18.8 Å². The quantitative estimate of drug-likeness (QED) is 0.612. The van der Waals surface area contributed by atoms with Crippen LogP contribution >= 0.6 is 0 Å². The van der Waals surface area contributed by atoms with Gasteiger partial charge in [-0.15, -0.1) is 0 Å². The summed E-state index contributed by atoms with van der Waals surface area (Å²) in [7, 11) is 0.136. The number of aromatic nitrogens is 2. The molecule has 160 valence electrons.